The highest BCUT2D eigenvalue weighted by molar-refractivity contribution is 7.97. The van der Waals surface area contributed by atoms with Crippen LogP contribution in [-0.4, -0.2) is 41.4 Å². The number of pyridine rings is 1. The normalized spacial score (nSPS) is 24.5. The van der Waals surface area contributed by atoms with Crippen molar-refractivity contribution in [3.8, 4) is 11.3 Å². The van der Waals surface area contributed by atoms with Crippen LogP contribution in [0.1, 0.15) is 30.7 Å². The van der Waals surface area contributed by atoms with Gasteiger partial charge in [0.05, 0.1) is 0 Å². The number of likely N-dealkylation sites (tertiary alicyclic amines) is 1. The Morgan fingerprint density at radius 3 is 3.00 bits per heavy atom. The fraction of sp³-hybridized carbons (Fsp3) is 0.409. The number of hydrogen-bond donors (Lipinski definition) is 0. The maximum absolute atomic E-state index is 14.3. The molecule has 2 aliphatic rings. The molecule has 4 nitrogen and oxygen atoms in total. The van der Waals surface area contributed by atoms with Gasteiger partial charge in [-0.1, -0.05) is 24.3 Å². The van der Waals surface area contributed by atoms with Crippen LogP contribution in [0.4, 0.5) is 4.39 Å². The average Bonchev–Trinajstić information content (AvgIpc) is 3.53. The average molecular weight is 398 g/mol. The number of amides is 1. The predicted octanol–water partition coefficient (Wildman–Crippen LogP) is 4.58. The molecular weight excluding hydrogens is 373 g/mol. The Morgan fingerprint density at radius 2 is 2.18 bits per heavy atom. The van der Waals surface area contributed by atoms with Crippen LogP contribution in [0.3, 0.4) is 0 Å². The number of piperidine rings is 1. The molecule has 3 atom stereocenters. The zero-order valence-corrected chi connectivity index (χ0v) is 16.7. The topological polar surface area (TPSA) is 45.6 Å². The molecule has 6 heteroatoms. The summed E-state index contributed by atoms with van der Waals surface area (Å²) < 4.78 is 18.6. The van der Waals surface area contributed by atoms with Crippen molar-refractivity contribution >= 4 is 24.1 Å². The van der Waals surface area contributed by atoms with E-state index < -0.39 is 0 Å². The van der Waals surface area contributed by atoms with E-state index in [9.17, 15) is 9.18 Å². The van der Waals surface area contributed by atoms with Crippen molar-refractivity contribution in [2.75, 3.05) is 19.3 Å². The first-order valence-electron chi connectivity index (χ1n) is 9.74. The molecule has 1 aromatic carbocycles. The van der Waals surface area contributed by atoms with E-state index >= 15 is 0 Å². The molecule has 2 aromatic rings. The Bertz CT molecular complexity index is 888. The molecule has 28 heavy (non-hydrogen) atoms. The number of carbonyl (C=O) groups excluding carboxylic acids is 1. The van der Waals surface area contributed by atoms with Crippen molar-refractivity contribution in [2.45, 2.75) is 25.2 Å². The summed E-state index contributed by atoms with van der Waals surface area (Å²) in [5.74, 6) is 0.376. The van der Waals surface area contributed by atoms with Crippen LogP contribution < -0.4 is 0 Å². The summed E-state index contributed by atoms with van der Waals surface area (Å²) in [5.41, 5.74) is 2.18. The first-order chi connectivity index (χ1) is 13.7. The van der Waals surface area contributed by atoms with Crippen LogP contribution in [0, 0.1) is 17.7 Å². The summed E-state index contributed by atoms with van der Waals surface area (Å²) in [4.78, 5) is 19.3. The number of aromatic nitrogens is 1. The summed E-state index contributed by atoms with van der Waals surface area (Å²) in [6.45, 7) is 1.57. The third kappa shape index (κ3) is 3.97. The summed E-state index contributed by atoms with van der Waals surface area (Å²) in [6, 6.07) is 10.8. The van der Waals surface area contributed by atoms with E-state index in [0.717, 1.165) is 43.5 Å². The molecule has 2 heterocycles. The quantitative estimate of drug-likeness (QED) is 0.548. The second kappa shape index (κ2) is 8.43. The highest BCUT2D eigenvalue weighted by atomic mass is 32.2. The van der Waals surface area contributed by atoms with Crippen molar-refractivity contribution < 1.29 is 9.18 Å². The smallest absolute Gasteiger partial charge is 0.226 e. The van der Waals surface area contributed by atoms with E-state index in [1.165, 1.54) is 18.0 Å². The number of rotatable bonds is 5. The van der Waals surface area contributed by atoms with Crippen molar-refractivity contribution in [1.29, 1.82) is 0 Å². The van der Waals surface area contributed by atoms with Crippen molar-refractivity contribution in [1.82, 2.24) is 9.88 Å². The Labute approximate surface area is 169 Å². The summed E-state index contributed by atoms with van der Waals surface area (Å²) in [7, 11) is 0. The van der Waals surface area contributed by atoms with Gasteiger partial charge in [0.2, 0.25) is 5.91 Å². The number of carbonyl (C=O) groups is 1. The lowest BCUT2D eigenvalue weighted by molar-refractivity contribution is -0.134. The second-order valence-corrected chi connectivity index (χ2v) is 8.07. The van der Waals surface area contributed by atoms with Gasteiger partial charge in [0.15, 0.2) is 0 Å². The molecule has 0 spiro atoms. The number of nitrogens with zero attached hydrogens (tertiary/aromatic N) is 3. The van der Waals surface area contributed by atoms with Crippen LogP contribution in [-0.2, 0) is 4.79 Å². The van der Waals surface area contributed by atoms with Gasteiger partial charge in [-0.3, -0.25) is 9.78 Å². The van der Waals surface area contributed by atoms with E-state index in [2.05, 4.69) is 9.38 Å². The van der Waals surface area contributed by atoms with Gasteiger partial charge in [-0.25, -0.2) is 8.79 Å². The molecule has 4 rings (SSSR count). The minimum absolute atomic E-state index is 0.0100. The van der Waals surface area contributed by atoms with Crippen molar-refractivity contribution in [2.24, 2.45) is 16.2 Å². The standard InChI is InChI=1S/C22H24FN3OS/c1-28-25-13-15-6-5-11-26(14-15)22(27)19-12-18(19)16-7-2-3-8-17(16)21-20(23)9-4-10-24-21/h2-4,7-10,13,15,18-19H,5-6,11-12,14H2,1H3/b25-13-. The molecule has 1 saturated carbocycles. The van der Waals surface area contributed by atoms with Crippen LogP contribution >= 0.6 is 11.9 Å². The van der Waals surface area contributed by atoms with Crippen LogP contribution in [0.25, 0.3) is 11.3 Å². The molecule has 1 saturated heterocycles. The van der Waals surface area contributed by atoms with E-state index in [4.69, 9.17) is 0 Å². The number of benzene rings is 1. The lowest BCUT2D eigenvalue weighted by Gasteiger charge is -2.31. The molecular formula is C22H24FN3OS. The molecule has 2 fully saturated rings. The fourth-order valence-corrected chi connectivity index (χ4v) is 4.44. The molecule has 1 amide bonds. The lowest BCUT2D eigenvalue weighted by atomic mass is 9.97. The number of hydrogen-bond acceptors (Lipinski definition) is 4. The van der Waals surface area contributed by atoms with Gasteiger partial charge in [0.1, 0.15) is 11.5 Å². The molecule has 0 bridgehead atoms. The lowest BCUT2D eigenvalue weighted by Crippen LogP contribution is -2.41. The highest BCUT2D eigenvalue weighted by Crippen LogP contribution is 2.51. The minimum atomic E-state index is -0.328. The molecule has 0 N–H and O–H groups in total. The van der Waals surface area contributed by atoms with Crippen LogP contribution in [0.15, 0.2) is 47.0 Å². The van der Waals surface area contributed by atoms with Gasteiger partial charge in [-0.05, 0) is 54.8 Å². The van der Waals surface area contributed by atoms with Crippen molar-refractivity contribution in [3.05, 3.63) is 54.0 Å². The monoisotopic (exact) mass is 397 g/mol. The Hall–Kier alpha value is -2.21. The number of halogens is 1. The first-order valence-corrected chi connectivity index (χ1v) is 10.9. The zero-order chi connectivity index (χ0) is 19.5. The van der Waals surface area contributed by atoms with Gasteiger partial charge in [-0.15, -0.1) is 0 Å². The summed E-state index contributed by atoms with van der Waals surface area (Å²) >= 11 is 1.45. The SMILES string of the molecule is CS/N=C\C1CCCN(C(=O)C2CC2c2ccccc2-c2ncccc2F)C1. The molecule has 1 aromatic heterocycles. The summed E-state index contributed by atoms with van der Waals surface area (Å²) in [5, 5.41) is 0. The van der Waals surface area contributed by atoms with Crippen LogP contribution in [0.2, 0.25) is 0 Å². The van der Waals surface area contributed by atoms with Gasteiger partial charge in [0.25, 0.3) is 0 Å². The first kappa shape index (κ1) is 19.1. The zero-order valence-electron chi connectivity index (χ0n) is 15.9. The Balaban J connectivity index is 1.50. The van der Waals surface area contributed by atoms with Crippen LogP contribution in [0.5, 0.6) is 0 Å². The second-order valence-electron chi connectivity index (χ2n) is 7.49. The van der Waals surface area contributed by atoms with E-state index in [-0.39, 0.29) is 23.6 Å². The predicted molar refractivity (Wildman–Crippen MR) is 112 cm³/mol. The maximum atomic E-state index is 14.3. The van der Waals surface area contributed by atoms with Gasteiger partial charge in [-0.2, -0.15) is 0 Å². The Morgan fingerprint density at radius 1 is 1.32 bits per heavy atom. The maximum Gasteiger partial charge on any atom is 0.226 e. The van der Waals surface area contributed by atoms with E-state index in [1.807, 2.05) is 41.6 Å². The Kier molecular flexibility index (Phi) is 5.76. The molecule has 1 aliphatic carbocycles. The fourth-order valence-electron chi connectivity index (χ4n) is 4.14. The molecule has 1 aliphatic heterocycles. The van der Waals surface area contributed by atoms with Crippen molar-refractivity contribution in [3.63, 3.8) is 0 Å². The van der Waals surface area contributed by atoms with E-state index in [1.54, 1.807) is 12.3 Å². The third-order valence-corrected chi connectivity index (χ3v) is 5.96. The molecule has 3 unspecified atom stereocenters. The molecule has 0 radical (unpaired) electrons. The highest BCUT2D eigenvalue weighted by Gasteiger charge is 2.47. The largest absolute Gasteiger partial charge is 0.342 e. The van der Waals surface area contributed by atoms with Gasteiger partial charge < -0.3 is 4.90 Å². The summed E-state index contributed by atoms with van der Waals surface area (Å²) in [6.07, 6.45) is 8.46. The minimum Gasteiger partial charge on any atom is -0.342 e. The van der Waals surface area contributed by atoms with Gasteiger partial charge >= 0.3 is 0 Å². The van der Waals surface area contributed by atoms with E-state index in [0.29, 0.717) is 11.6 Å². The molecule has 146 valence electrons. The van der Waals surface area contributed by atoms with Gasteiger partial charge in [0, 0.05) is 49.2 Å². The third-order valence-electron chi connectivity index (χ3n) is 5.63.